The van der Waals surface area contributed by atoms with E-state index in [1.807, 2.05) is 0 Å². The zero-order valence-corrected chi connectivity index (χ0v) is 13.3. The van der Waals surface area contributed by atoms with Crippen LogP contribution in [0.5, 0.6) is 0 Å². The number of carbonyl (C=O) groups is 2. The summed E-state index contributed by atoms with van der Waals surface area (Å²) in [6.07, 6.45) is 3.02. The SMILES string of the molecule is O=C(Nc1cccc(Cl)c1)[C@@H]1CCCN(C(=O)c2ccco2)C1. The molecule has 6 heteroatoms. The number of nitrogens with one attached hydrogen (secondary N) is 1. The van der Waals surface area contributed by atoms with E-state index in [9.17, 15) is 9.59 Å². The summed E-state index contributed by atoms with van der Waals surface area (Å²) in [4.78, 5) is 26.4. The van der Waals surface area contributed by atoms with Gasteiger partial charge in [0.25, 0.3) is 5.91 Å². The van der Waals surface area contributed by atoms with Gasteiger partial charge in [-0.3, -0.25) is 9.59 Å². The zero-order valence-electron chi connectivity index (χ0n) is 12.5. The molecule has 3 rings (SSSR count). The summed E-state index contributed by atoms with van der Waals surface area (Å²) in [5.74, 6) is -0.193. The van der Waals surface area contributed by atoms with Crippen molar-refractivity contribution in [1.82, 2.24) is 4.90 Å². The van der Waals surface area contributed by atoms with Gasteiger partial charge in [0.05, 0.1) is 12.2 Å². The van der Waals surface area contributed by atoms with Crippen LogP contribution in [-0.4, -0.2) is 29.8 Å². The van der Waals surface area contributed by atoms with Crippen molar-refractivity contribution in [2.45, 2.75) is 12.8 Å². The van der Waals surface area contributed by atoms with Gasteiger partial charge < -0.3 is 14.6 Å². The second-order valence-electron chi connectivity index (χ2n) is 5.57. The lowest BCUT2D eigenvalue weighted by Crippen LogP contribution is -2.43. The molecular formula is C17H17ClN2O3. The molecule has 1 aromatic heterocycles. The lowest BCUT2D eigenvalue weighted by molar-refractivity contribution is -0.121. The van der Waals surface area contributed by atoms with Crippen molar-refractivity contribution in [3.63, 3.8) is 0 Å². The van der Waals surface area contributed by atoms with Gasteiger partial charge >= 0.3 is 0 Å². The van der Waals surface area contributed by atoms with Crippen LogP contribution in [0.3, 0.4) is 0 Å². The third kappa shape index (κ3) is 3.74. The molecule has 0 radical (unpaired) electrons. The van der Waals surface area contributed by atoms with Crippen LogP contribution in [0.4, 0.5) is 5.69 Å². The highest BCUT2D eigenvalue weighted by Crippen LogP contribution is 2.22. The Kier molecular flexibility index (Phi) is 4.67. The van der Waals surface area contributed by atoms with E-state index in [2.05, 4.69) is 5.32 Å². The Labute approximate surface area is 139 Å². The molecule has 0 aliphatic carbocycles. The number of benzene rings is 1. The minimum Gasteiger partial charge on any atom is -0.459 e. The highest BCUT2D eigenvalue weighted by Gasteiger charge is 2.29. The Morgan fingerprint density at radius 2 is 2.13 bits per heavy atom. The molecule has 5 nitrogen and oxygen atoms in total. The van der Waals surface area contributed by atoms with Gasteiger partial charge in [-0.25, -0.2) is 0 Å². The van der Waals surface area contributed by atoms with Crippen LogP contribution in [0.1, 0.15) is 23.4 Å². The van der Waals surface area contributed by atoms with Gasteiger partial charge in [0.2, 0.25) is 5.91 Å². The summed E-state index contributed by atoms with van der Waals surface area (Å²) in [6.45, 7) is 1.03. The normalized spacial score (nSPS) is 17.8. The van der Waals surface area contributed by atoms with Gasteiger partial charge in [0, 0.05) is 23.8 Å². The lowest BCUT2D eigenvalue weighted by atomic mass is 9.96. The maximum Gasteiger partial charge on any atom is 0.289 e. The third-order valence-corrected chi connectivity index (χ3v) is 4.14. The number of hydrogen-bond donors (Lipinski definition) is 1. The third-order valence-electron chi connectivity index (χ3n) is 3.90. The average molecular weight is 333 g/mol. The van der Waals surface area contributed by atoms with E-state index in [0.29, 0.717) is 29.6 Å². The monoisotopic (exact) mass is 332 g/mol. The summed E-state index contributed by atoms with van der Waals surface area (Å²) < 4.78 is 5.15. The van der Waals surface area contributed by atoms with E-state index in [1.54, 1.807) is 41.3 Å². The fraction of sp³-hybridized carbons (Fsp3) is 0.294. The average Bonchev–Trinajstić information content (AvgIpc) is 3.09. The lowest BCUT2D eigenvalue weighted by Gasteiger charge is -2.31. The van der Waals surface area contributed by atoms with Gasteiger partial charge in [-0.2, -0.15) is 0 Å². The van der Waals surface area contributed by atoms with Gasteiger partial charge in [0.15, 0.2) is 5.76 Å². The number of furan rings is 1. The minimum atomic E-state index is -0.235. The maximum atomic E-state index is 12.4. The minimum absolute atomic E-state index is 0.0933. The number of hydrogen-bond acceptors (Lipinski definition) is 3. The molecule has 1 atom stereocenters. The molecule has 0 unspecified atom stereocenters. The van der Waals surface area contributed by atoms with E-state index in [1.165, 1.54) is 6.26 Å². The van der Waals surface area contributed by atoms with E-state index < -0.39 is 0 Å². The molecule has 1 saturated heterocycles. The summed E-state index contributed by atoms with van der Waals surface area (Å²) >= 11 is 5.92. The van der Waals surface area contributed by atoms with Crippen LogP contribution in [0, 0.1) is 5.92 Å². The first-order valence-corrected chi connectivity index (χ1v) is 7.90. The molecule has 2 amide bonds. The molecule has 1 fully saturated rings. The molecule has 0 bridgehead atoms. The van der Waals surface area contributed by atoms with E-state index >= 15 is 0 Å². The molecule has 23 heavy (non-hydrogen) atoms. The van der Waals surface area contributed by atoms with Crippen molar-refractivity contribution in [3.8, 4) is 0 Å². The van der Waals surface area contributed by atoms with Crippen molar-refractivity contribution in [1.29, 1.82) is 0 Å². The smallest absolute Gasteiger partial charge is 0.289 e. The van der Waals surface area contributed by atoms with E-state index in [4.69, 9.17) is 16.0 Å². The van der Waals surface area contributed by atoms with E-state index in [0.717, 1.165) is 12.8 Å². The zero-order chi connectivity index (χ0) is 16.2. The summed E-state index contributed by atoms with van der Waals surface area (Å²) in [6, 6.07) is 10.3. The first kappa shape index (κ1) is 15.6. The van der Waals surface area contributed by atoms with Crippen LogP contribution >= 0.6 is 11.6 Å². The van der Waals surface area contributed by atoms with Crippen LogP contribution in [-0.2, 0) is 4.79 Å². The molecule has 1 aliphatic heterocycles. The fourth-order valence-corrected chi connectivity index (χ4v) is 2.93. The molecule has 1 aliphatic rings. The number of rotatable bonds is 3. The molecule has 2 heterocycles. The second-order valence-corrected chi connectivity index (χ2v) is 6.00. The van der Waals surface area contributed by atoms with Crippen molar-refractivity contribution >= 4 is 29.1 Å². The number of likely N-dealkylation sites (tertiary alicyclic amines) is 1. The van der Waals surface area contributed by atoms with Gasteiger partial charge in [-0.1, -0.05) is 17.7 Å². The first-order chi connectivity index (χ1) is 11.1. The molecule has 1 aromatic carbocycles. The highest BCUT2D eigenvalue weighted by molar-refractivity contribution is 6.30. The predicted octanol–water partition coefficient (Wildman–Crippen LogP) is 3.42. The molecule has 0 saturated carbocycles. The van der Waals surface area contributed by atoms with Crippen LogP contribution < -0.4 is 5.32 Å². The Bertz CT molecular complexity index is 700. The summed E-state index contributed by atoms with van der Waals surface area (Å²) in [5, 5.41) is 3.43. The van der Waals surface area contributed by atoms with Gasteiger partial charge in [-0.05, 0) is 43.2 Å². The maximum absolute atomic E-state index is 12.4. The van der Waals surface area contributed by atoms with Crippen molar-refractivity contribution in [2.24, 2.45) is 5.92 Å². The number of amides is 2. The molecular weight excluding hydrogens is 316 g/mol. The standard InChI is InChI=1S/C17H17ClN2O3/c18-13-5-1-6-14(10-13)19-16(21)12-4-2-8-20(11-12)17(22)15-7-3-9-23-15/h1,3,5-7,9-10,12H,2,4,8,11H2,(H,19,21)/t12-/m1/s1. The largest absolute Gasteiger partial charge is 0.459 e. The number of nitrogens with zero attached hydrogens (tertiary/aromatic N) is 1. The van der Waals surface area contributed by atoms with Crippen molar-refractivity contribution < 1.29 is 14.0 Å². The summed E-state index contributed by atoms with van der Waals surface area (Å²) in [7, 11) is 0. The van der Waals surface area contributed by atoms with Gasteiger partial charge in [-0.15, -0.1) is 0 Å². The van der Waals surface area contributed by atoms with Gasteiger partial charge in [0.1, 0.15) is 0 Å². The Morgan fingerprint density at radius 3 is 2.87 bits per heavy atom. The Balaban J connectivity index is 1.64. The molecule has 0 spiro atoms. The van der Waals surface area contributed by atoms with Crippen LogP contribution in [0.15, 0.2) is 47.1 Å². The Morgan fingerprint density at radius 1 is 1.26 bits per heavy atom. The van der Waals surface area contributed by atoms with Crippen LogP contribution in [0.25, 0.3) is 0 Å². The fourth-order valence-electron chi connectivity index (χ4n) is 2.74. The molecule has 1 N–H and O–H groups in total. The number of carbonyl (C=O) groups excluding carboxylic acids is 2. The van der Waals surface area contributed by atoms with Crippen LogP contribution in [0.2, 0.25) is 5.02 Å². The topological polar surface area (TPSA) is 62.6 Å². The number of piperidine rings is 1. The molecule has 2 aromatic rings. The predicted molar refractivity (Wildman–Crippen MR) is 87.4 cm³/mol. The van der Waals surface area contributed by atoms with E-state index in [-0.39, 0.29) is 17.7 Å². The quantitative estimate of drug-likeness (QED) is 0.936. The number of anilines is 1. The Hall–Kier alpha value is -2.27. The summed E-state index contributed by atoms with van der Waals surface area (Å²) in [5.41, 5.74) is 0.664. The number of halogens is 1. The highest BCUT2D eigenvalue weighted by atomic mass is 35.5. The first-order valence-electron chi connectivity index (χ1n) is 7.52. The molecule has 120 valence electrons. The van der Waals surface area contributed by atoms with Crippen molar-refractivity contribution in [2.75, 3.05) is 18.4 Å². The van der Waals surface area contributed by atoms with Crippen molar-refractivity contribution in [3.05, 3.63) is 53.4 Å². The second kappa shape index (κ2) is 6.87.